The summed E-state index contributed by atoms with van der Waals surface area (Å²) in [4.78, 5) is 23.8. The van der Waals surface area contributed by atoms with Gasteiger partial charge in [-0.3, -0.25) is 9.89 Å². The van der Waals surface area contributed by atoms with Crippen LogP contribution in [0.25, 0.3) is 5.65 Å². The van der Waals surface area contributed by atoms with E-state index in [4.69, 9.17) is 19.3 Å². The first-order valence-electron chi connectivity index (χ1n) is 17.0. The zero-order valence-electron chi connectivity index (χ0n) is 27.9. The highest BCUT2D eigenvalue weighted by molar-refractivity contribution is 5.87. The number of H-pyrrole nitrogens is 1. The third-order valence-electron chi connectivity index (χ3n) is 8.00. The van der Waals surface area contributed by atoms with Crippen LogP contribution in [0.4, 0.5) is 0 Å². The number of amides is 1. The highest BCUT2D eigenvalue weighted by atomic mass is 16.5. The number of carboxylic acids is 1. The Bertz CT molecular complexity index is 1530. The second kappa shape index (κ2) is 18.6. The third kappa shape index (κ3) is 11.0. The number of aromatic carboxylic acids is 1. The monoisotopic (exact) mass is 647 g/mol. The van der Waals surface area contributed by atoms with Crippen LogP contribution in [0.3, 0.4) is 0 Å². The van der Waals surface area contributed by atoms with Crippen molar-refractivity contribution >= 4 is 17.5 Å². The summed E-state index contributed by atoms with van der Waals surface area (Å²) in [5.41, 5.74) is 1.34. The summed E-state index contributed by atoms with van der Waals surface area (Å²) in [6.07, 6.45) is 13.9. The Morgan fingerprint density at radius 2 is 1.36 bits per heavy atom. The maximum Gasteiger partial charge on any atom is 0.335 e. The van der Waals surface area contributed by atoms with E-state index < -0.39 is 12.0 Å². The highest BCUT2D eigenvalue weighted by Crippen LogP contribution is 2.30. The normalized spacial score (nSPS) is 11.8. The Morgan fingerprint density at radius 1 is 0.809 bits per heavy atom. The molecule has 0 spiro atoms. The SMILES string of the molecule is CCCCCCCCCCCCOc1ccc(OCCCC(=O)NC(C)c2nnc3c(Oc4ccc(C(=O)O)cc4)c(C)[nH]n23)cc1. The topological polar surface area (TPSA) is 140 Å². The van der Waals surface area contributed by atoms with Gasteiger partial charge in [-0.2, -0.15) is 0 Å². The average molecular weight is 648 g/mol. The minimum absolute atomic E-state index is 0.119. The van der Waals surface area contributed by atoms with Gasteiger partial charge in [-0.15, -0.1) is 10.2 Å². The number of carboxylic acid groups (broad SMARTS) is 1. The van der Waals surface area contributed by atoms with Gasteiger partial charge in [-0.25, -0.2) is 9.31 Å². The molecule has 0 saturated carbocycles. The zero-order chi connectivity index (χ0) is 33.4. The molecule has 3 N–H and O–H groups in total. The van der Waals surface area contributed by atoms with Crippen molar-refractivity contribution in [2.24, 2.45) is 0 Å². The molecular weight excluding hydrogens is 598 g/mol. The van der Waals surface area contributed by atoms with Crippen LogP contribution in [-0.4, -0.2) is 50.0 Å². The Balaban J connectivity index is 1.11. The molecule has 0 fully saturated rings. The summed E-state index contributed by atoms with van der Waals surface area (Å²) in [5, 5.41) is 23.8. The number of hydrogen-bond donors (Lipinski definition) is 3. The lowest BCUT2D eigenvalue weighted by molar-refractivity contribution is -0.122. The highest BCUT2D eigenvalue weighted by Gasteiger charge is 2.22. The van der Waals surface area contributed by atoms with Crippen LogP contribution >= 0.6 is 0 Å². The van der Waals surface area contributed by atoms with Crippen LogP contribution < -0.4 is 19.5 Å². The molecular formula is C36H49N5O6. The Labute approximate surface area is 277 Å². The molecule has 2 heterocycles. The molecule has 4 rings (SSSR count). The van der Waals surface area contributed by atoms with Crippen LogP contribution in [0.1, 0.15) is 119 Å². The van der Waals surface area contributed by atoms with E-state index in [0.29, 0.717) is 48.1 Å². The largest absolute Gasteiger partial charge is 0.494 e. The third-order valence-corrected chi connectivity index (χ3v) is 8.00. The van der Waals surface area contributed by atoms with Crippen molar-refractivity contribution in [1.29, 1.82) is 0 Å². The number of benzene rings is 2. The molecule has 0 saturated heterocycles. The minimum Gasteiger partial charge on any atom is -0.494 e. The number of unbranched alkanes of at least 4 members (excludes halogenated alkanes) is 9. The summed E-state index contributed by atoms with van der Waals surface area (Å²) >= 11 is 0. The Hall–Kier alpha value is -4.54. The number of hydrogen-bond acceptors (Lipinski definition) is 7. The number of rotatable bonds is 22. The first kappa shape index (κ1) is 35.3. The fourth-order valence-corrected chi connectivity index (χ4v) is 5.34. The number of fused-ring (bicyclic) bond motifs is 1. The van der Waals surface area contributed by atoms with E-state index in [2.05, 4.69) is 27.5 Å². The molecule has 0 aliphatic carbocycles. The van der Waals surface area contributed by atoms with Gasteiger partial charge < -0.3 is 24.6 Å². The number of nitrogens with one attached hydrogen (secondary N) is 2. The maximum atomic E-state index is 12.7. The number of carbonyl (C=O) groups excluding carboxylic acids is 1. The fourth-order valence-electron chi connectivity index (χ4n) is 5.34. The second-order valence-electron chi connectivity index (χ2n) is 12.0. The molecule has 2 aromatic heterocycles. The van der Waals surface area contributed by atoms with Crippen LogP contribution in [0.5, 0.6) is 23.0 Å². The van der Waals surface area contributed by atoms with Gasteiger partial charge in [0.2, 0.25) is 11.6 Å². The summed E-state index contributed by atoms with van der Waals surface area (Å²) in [7, 11) is 0. The van der Waals surface area contributed by atoms with Crippen LogP contribution in [-0.2, 0) is 4.79 Å². The molecule has 0 aliphatic heterocycles. The van der Waals surface area contributed by atoms with Crippen molar-refractivity contribution in [2.75, 3.05) is 13.2 Å². The molecule has 1 unspecified atom stereocenters. The van der Waals surface area contributed by atoms with Gasteiger partial charge in [0.15, 0.2) is 11.6 Å². The number of aromatic nitrogens is 4. The molecule has 11 heteroatoms. The predicted molar refractivity (Wildman–Crippen MR) is 181 cm³/mol. The van der Waals surface area contributed by atoms with Crippen molar-refractivity contribution in [3.05, 3.63) is 65.6 Å². The fraction of sp³-hybridized carbons (Fsp3) is 0.500. The molecule has 11 nitrogen and oxygen atoms in total. The first-order valence-corrected chi connectivity index (χ1v) is 17.0. The number of nitrogens with zero attached hydrogens (tertiary/aromatic N) is 3. The summed E-state index contributed by atoms with van der Waals surface area (Å²) in [6.45, 7) is 7.08. The van der Waals surface area contributed by atoms with Gasteiger partial charge in [0.1, 0.15) is 17.2 Å². The summed E-state index contributed by atoms with van der Waals surface area (Å²) in [6, 6.07) is 13.3. The molecule has 0 aliphatic rings. The lowest BCUT2D eigenvalue weighted by Crippen LogP contribution is -2.28. The molecule has 1 amide bonds. The van der Waals surface area contributed by atoms with Crippen molar-refractivity contribution in [1.82, 2.24) is 25.1 Å². The number of carbonyl (C=O) groups is 2. The minimum atomic E-state index is -1.01. The molecule has 254 valence electrons. The van der Waals surface area contributed by atoms with Crippen LogP contribution in [0.15, 0.2) is 48.5 Å². The Morgan fingerprint density at radius 3 is 1.96 bits per heavy atom. The standard InChI is InChI=1S/C36H49N5O6/c1-4-5-6-7-8-9-10-11-12-13-24-45-29-20-22-30(23-21-29)46-25-14-15-32(42)37-27(3)34-38-39-35-33(26(2)40-41(34)35)47-31-18-16-28(17-19-31)36(43)44/h16-23,27,40H,4-15,24-25H2,1-3H3,(H,37,42)(H,43,44). The van der Waals surface area contributed by atoms with Crippen molar-refractivity contribution in [2.45, 2.75) is 104 Å². The van der Waals surface area contributed by atoms with E-state index in [9.17, 15) is 9.59 Å². The molecule has 0 bridgehead atoms. The predicted octanol–water partition coefficient (Wildman–Crippen LogP) is 8.19. The van der Waals surface area contributed by atoms with Gasteiger partial charge in [-0.05, 0) is 75.2 Å². The number of aromatic amines is 1. The Kier molecular flexibility index (Phi) is 14.0. The smallest absolute Gasteiger partial charge is 0.335 e. The van der Waals surface area contributed by atoms with Gasteiger partial charge in [0.25, 0.3) is 0 Å². The molecule has 4 aromatic rings. The van der Waals surface area contributed by atoms with Gasteiger partial charge >= 0.3 is 5.97 Å². The number of ether oxygens (including phenoxy) is 3. The molecule has 2 aromatic carbocycles. The van der Waals surface area contributed by atoms with E-state index in [1.54, 1.807) is 16.6 Å². The quantitative estimate of drug-likeness (QED) is 0.0726. The van der Waals surface area contributed by atoms with Crippen molar-refractivity contribution in [3.63, 3.8) is 0 Å². The van der Waals surface area contributed by atoms with Crippen molar-refractivity contribution < 1.29 is 28.9 Å². The maximum absolute atomic E-state index is 12.7. The number of aryl methyl sites for hydroxylation is 1. The summed E-state index contributed by atoms with van der Waals surface area (Å²) < 4.78 is 19.4. The van der Waals surface area contributed by atoms with Crippen LogP contribution in [0.2, 0.25) is 0 Å². The first-order chi connectivity index (χ1) is 22.9. The van der Waals surface area contributed by atoms with Gasteiger partial charge in [0, 0.05) is 6.42 Å². The second-order valence-corrected chi connectivity index (χ2v) is 12.0. The summed E-state index contributed by atoms with van der Waals surface area (Å²) in [5.74, 6) is 1.93. The van der Waals surface area contributed by atoms with E-state index in [0.717, 1.165) is 24.5 Å². The molecule has 47 heavy (non-hydrogen) atoms. The lowest BCUT2D eigenvalue weighted by atomic mass is 10.1. The average Bonchev–Trinajstić information content (AvgIpc) is 3.61. The van der Waals surface area contributed by atoms with Crippen LogP contribution in [0, 0.1) is 6.92 Å². The van der Waals surface area contributed by atoms with E-state index >= 15 is 0 Å². The molecule has 0 radical (unpaired) electrons. The zero-order valence-corrected chi connectivity index (χ0v) is 27.9. The van der Waals surface area contributed by atoms with Gasteiger partial charge in [-0.1, -0.05) is 64.7 Å². The van der Waals surface area contributed by atoms with Gasteiger partial charge in [0.05, 0.1) is 30.5 Å². The van der Waals surface area contributed by atoms with Crippen molar-refractivity contribution in [3.8, 4) is 23.0 Å². The van der Waals surface area contributed by atoms with E-state index in [1.165, 1.54) is 69.9 Å². The van der Waals surface area contributed by atoms with E-state index in [-0.39, 0.29) is 11.5 Å². The molecule has 1 atom stereocenters. The van der Waals surface area contributed by atoms with E-state index in [1.807, 2.05) is 38.1 Å². The lowest BCUT2D eigenvalue weighted by Gasteiger charge is -2.12.